The van der Waals surface area contributed by atoms with E-state index in [1.54, 1.807) is 12.0 Å². The number of fused-ring (bicyclic) bond motifs is 2. The molecule has 10 heteroatoms. The third-order valence-corrected chi connectivity index (χ3v) is 8.51. The number of H-pyrrole nitrogens is 1. The highest BCUT2D eigenvalue weighted by Crippen LogP contribution is 2.31. The van der Waals surface area contributed by atoms with Crippen LogP contribution in [0.15, 0.2) is 29.1 Å². The number of carbonyl (C=O) groups excluding carboxylic acids is 1. The number of aromatic nitrogens is 3. The van der Waals surface area contributed by atoms with E-state index >= 15 is 0 Å². The van der Waals surface area contributed by atoms with Crippen LogP contribution < -0.4 is 10.5 Å². The molecule has 1 amide bonds. The van der Waals surface area contributed by atoms with Gasteiger partial charge in [0.1, 0.15) is 10.7 Å². The Morgan fingerprint density at radius 3 is 2.78 bits per heavy atom. The molecule has 0 aliphatic rings. The highest BCUT2D eigenvalue weighted by atomic mass is 32.2. The van der Waals surface area contributed by atoms with Crippen molar-refractivity contribution in [2.75, 3.05) is 25.2 Å². The normalized spacial score (nSPS) is 12.5. The van der Waals surface area contributed by atoms with Crippen molar-refractivity contribution in [3.63, 3.8) is 0 Å². The number of carbonyl (C=O) groups is 1. The summed E-state index contributed by atoms with van der Waals surface area (Å²) in [4.78, 5) is 41.5. The molecule has 1 unspecified atom stereocenters. The number of amides is 1. The molecule has 1 N–H and O–H groups in total. The molecule has 1 atom stereocenters. The van der Waals surface area contributed by atoms with Crippen molar-refractivity contribution >= 4 is 65.9 Å². The van der Waals surface area contributed by atoms with E-state index in [1.807, 2.05) is 45.0 Å². The fourth-order valence-electron chi connectivity index (χ4n) is 3.32. The molecule has 3 heterocycles. The second-order valence-electron chi connectivity index (χ2n) is 7.38. The van der Waals surface area contributed by atoms with Crippen LogP contribution in [0.5, 0.6) is 0 Å². The van der Waals surface area contributed by atoms with Crippen LogP contribution in [0.4, 0.5) is 5.13 Å². The summed E-state index contributed by atoms with van der Waals surface area (Å²) in [6.45, 7) is 6.65. The van der Waals surface area contributed by atoms with Gasteiger partial charge in [0.2, 0.25) is 5.91 Å². The van der Waals surface area contributed by atoms with E-state index in [4.69, 9.17) is 4.74 Å². The number of aryl methyl sites for hydroxylation is 2. The molecule has 0 saturated carbocycles. The molecule has 7 nitrogen and oxygen atoms in total. The highest BCUT2D eigenvalue weighted by molar-refractivity contribution is 7.99. The summed E-state index contributed by atoms with van der Waals surface area (Å²) in [5, 5.41) is 0.983. The smallest absolute Gasteiger partial charge is 0.259 e. The van der Waals surface area contributed by atoms with Crippen LogP contribution in [-0.4, -0.2) is 46.4 Å². The van der Waals surface area contributed by atoms with Gasteiger partial charge in [0.05, 0.1) is 39.8 Å². The number of hydrogen-bond donors (Lipinski definition) is 1. The maximum atomic E-state index is 13.3. The lowest BCUT2D eigenvalue weighted by Gasteiger charge is -2.22. The van der Waals surface area contributed by atoms with E-state index in [0.29, 0.717) is 35.2 Å². The van der Waals surface area contributed by atoms with Crippen LogP contribution in [0.2, 0.25) is 0 Å². The minimum absolute atomic E-state index is 0.0441. The van der Waals surface area contributed by atoms with Gasteiger partial charge in [-0.05, 0) is 38.5 Å². The predicted octanol–water partition coefficient (Wildman–Crippen LogP) is 4.51. The van der Waals surface area contributed by atoms with Gasteiger partial charge < -0.3 is 9.72 Å². The van der Waals surface area contributed by atoms with E-state index in [-0.39, 0.29) is 16.7 Å². The molecule has 4 rings (SSSR count). The quantitative estimate of drug-likeness (QED) is 0.393. The number of nitrogens with one attached hydrogen (secondary N) is 1. The monoisotopic (exact) mass is 488 g/mol. The van der Waals surface area contributed by atoms with Crippen LogP contribution in [0, 0.1) is 13.8 Å². The largest absolute Gasteiger partial charge is 0.383 e. The predicted molar refractivity (Wildman–Crippen MR) is 134 cm³/mol. The average molecular weight is 489 g/mol. The number of rotatable bonds is 8. The first-order chi connectivity index (χ1) is 15.4. The minimum atomic E-state index is -0.341. The lowest BCUT2D eigenvalue weighted by molar-refractivity contribution is -0.118. The Balaban J connectivity index is 1.51. The van der Waals surface area contributed by atoms with Gasteiger partial charge in [-0.25, -0.2) is 9.97 Å². The van der Waals surface area contributed by atoms with Crippen molar-refractivity contribution in [1.29, 1.82) is 0 Å². The van der Waals surface area contributed by atoms with Gasteiger partial charge in [0.15, 0.2) is 5.13 Å². The van der Waals surface area contributed by atoms with Crippen LogP contribution >= 0.6 is 34.4 Å². The lowest BCUT2D eigenvalue weighted by Crippen LogP contribution is -2.39. The Morgan fingerprint density at radius 2 is 2.03 bits per heavy atom. The number of anilines is 1. The molecule has 0 saturated heterocycles. The first-order valence-electron chi connectivity index (χ1n) is 10.2. The number of aromatic amines is 1. The minimum Gasteiger partial charge on any atom is -0.383 e. The molecule has 0 fully saturated rings. The van der Waals surface area contributed by atoms with Gasteiger partial charge >= 0.3 is 0 Å². The summed E-state index contributed by atoms with van der Waals surface area (Å²) >= 11 is 4.46. The summed E-state index contributed by atoms with van der Waals surface area (Å²) in [5.74, 6) is 0.973. The SMILES string of the molecule is COCCN(C(=O)C(C)SCc1nc2sc(C)c(C)c2c(=O)[nH]1)c1nc2ccccc2s1. The zero-order valence-electron chi connectivity index (χ0n) is 18.3. The lowest BCUT2D eigenvalue weighted by atomic mass is 10.2. The highest BCUT2D eigenvalue weighted by Gasteiger charge is 2.25. The summed E-state index contributed by atoms with van der Waals surface area (Å²) in [6, 6.07) is 7.84. The maximum Gasteiger partial charge on any atom is 0.259 e. The van der Waals surface area contributed by atoms with Crippen molar-refractivity contribution < 1.29 is 9.53 Å². The van der Waals surface area contributed by atoms with Crippen molar-refractivity contribution in [3.8, 4) is 0 Å². The molecule has 4 aromatic rings. The first kappa shape index (κ1) is 22.9. The van der Waals surface area contributed by atoms with Crippen LogP contribution in [-0.2, 0) is 15.3 Å². The van der Waals surface area contributed by atoms with Crippen molar-refractivity contribution in [2.24, 2.45) is 0 Å². The van der Waals surface area contributed by atoms with Crippen LogP contribution in [0.1, 0.15) is 23.2 Å². The van der Waals surface area contributed by atoms with Gasteiger partial charge in [-0.2, -0.15) is 0 Å². The Morgan fingerprint density at radius 1 is 1.25 bits per heavy atom. The molecule has 0 spiro atoms. The fourth-order valence-corrected chi connectivity index (χ4v) is 6.18. The second kappa shape index (κ2) is 9.70. The molecule has 3 aromatic heterocycles. The molecule has 0 bridgehead atoms. The number of methoxy groups -OCH3 is 1. The molecule has 0 radical (unpaired) electrons. The Kier molecular flexibility index (Phi) is 6.94. The van der Waals surface area contributed by atoms with Gasteiger partial charge in [-0.15, -0.1) is 23.1 Å². The molecule has 0 aliphatic carbocycles. The summed E-state index contributed by atoms with van der Waals surface area (Å²) in [7, 11) is 1.62. The topological polar surface area (TPSA) is 88.2 Å². The van der Waals surface area contributed by atoms with Crippen LogP contribution in [0.3, 0.4) is 0 Å². The van der Waals surface area contributed by atoms with Gasteiger partial charge in [0.25, 0.3) is 5.56 Å². The molecular weight excluding hydrogens is 464 g/mol. The first-order valence-corrected chi connectivity index (χ1v) is 12.8. The number of para-hydroxylation sites is 1. The van der Waals surface area contributed by atoms with Gasteiger partial charge in [-0.1, -0.05) is 23.5 Å². The van der Waals surface area contributed by atoms with E-state index in [1.165, 1.54) is 34.4 Å². The van der Waals surface area contributed by atoms with E-state index in [2.05, 4.69) is 15.0 Å². The molecule has 0 aliphatic heterocycles. The Hall–Kier alpha value is -2.27. The molecule has 1 aromatic carbocycles. The number of ether oxygens (including phenoxy) is 1. The third-order valence-electron chi connectivity index (χ3n) is 5.20. The zero-order valence-corrected chi connectivity index (χ0v) is 20.7. The third kappa shape index (κ3) is 4.59. The molecular formula is C22H24N4O3S3. The van der Waals surface area contributed by atoms with Gasteiger partial charge in [-0.3, -0.25) is 14.5 Å². The van der Waals surface area contributed by atoms with Gasteiger partial charge in [0, 0.05) is 12.0 Å². The second-order valence-corrected chi connectivity index (χ2v) is 10.9. The summed E-state index contributed by atoms with van der Waals surface area (Å²) in [6.07, 6.45) is 0. The molecule has 32 heavy (non-hydrogen) atoms. The van der Waals surface area contributed by atoms with Crippen molar-refractivity contribution in [2.45, 2.75) is 31.8 Å². The molecule has 168 valence electrons. The maximum absolute atomic E-state index is 13.3. The Bertz CT molecular complexity index is 1290. The number of thioether (sulfide) groups is 1. The van der Waals surface area contributed by atoms with E-state index in [9.17, 15) is 9.59 Å². The average Bonchev–Trinajstić information content (AvgIpc) is 3.32. The van der Waals surface area contributed by atoms with Crippen LogP contribution in [0.25, 0.3) is 20.4 Å². The summed E-state index contributed by atoms with van der Waals surface area (Å²) in [5.41, 5.74) is 1.73. The van der Waals surface area contributed by atoms with E-state index in [0.717, 1.165) is 25.5 Å². The number of thiazole rings is 1. The van der Waals surface area contributed by atoms with Crippen molar-refractivity contribution in [1.82, 2.24) is 15.0 Å². The fraction of sp³-hybridized carbons (Fsp3) is 0.364. The number of hydrogen-bond acceptors (Lipinski definition) is 8. The van der Waals surface area contributed by atoms with E-state index < -0.39 is 0 Å². The van der Waals surface area contributed by atoms with Crippen molar-refractivity contribution in [3.05, 3.63) is 50.9 Å². The Labute approximate surface area is 197 Å². The summed E-state index contributed by atoms with van der Waals surface area (Å²) < 4.78 is 6.26. The number of nitrogens with zero attached hydrogens (tertiary/aromatic N) is 3. The standard InChI is InChI=1S/C22H24N4O3S3/c1-12-13(2)31-20-18(12)19(27)24-17(25-20)11-30-14(3)21(28)26(9-10-29-4)22-23-15-7-5-6-8-16(15)32-22/h5-8,14H,9-11H2,1-4H3,(H,24,25,27). The number of benzene rings is 1. The zero-order chi connectivity index (χ0) is 22.8. The number of thiophene rings is 1.